The molecule has 0 aromatic heterocycles. The van der Waals surface area contributed by atoms with Gasteiger partial charge in [-0.2, -0.15) is 0 Å². The van der Waals surface area contributed by atoms with Gasteiger partial charge >= 0.3 is 0 Å². The highest BCUT2D eigenvalue weighted by atomic mass is 127. The molecular weight excluding hydrogens is 439 g/mol. The second kappa shape index (κ2) is 7.31. The molecule has 0 saturated heterocycles. The predicted molar refractivity (Wildman–Crippen MR) is 102 cm³/mol. The lowest BCUT2D eigenvalue weighted by Gasteiger charge is -2.43. The van der Waals surface area contributed by atoms with Crippen molar-refractivity contribution in [1.82, 2.24) is 0 Å². The van der Waals surface area contributed by atoms with E-state index < -0.39 is 0 Å². The van der Waals surface area contributed by atoms with Gasteiger partial charge in [-0.15, -0.1) is 0 Å². The molecule has 1 nitrogen and oxygen atoms in total. The topological polar surface area (TPSA) is 9.23 Å². The molecule has 1 aromatic carbocycles. The number of ether oxygens (including phenoxy) is 1. The van der Waals surface area contributed by atoms with Gasteiger partial charge in [0.25, 0.3) is 0 Å². The lowest BCUT2D eigenvalue weighted by atomic mass is 9.69. The van der Waals surface area contributed by atoms with Crippen molar-refractivity contribution in [3.8, 4) is 0 Å². The van der Waals surface area contributed by atoms with Crippen LogP contribution in [-0.4, -0.2) is 10.0 Å². The Balaban J connectivity index is 1.94. The van der Waals surface area contributed by atoms with E-state index in [9.17, 15) is 0 Å². The van der Waals surface area contributed by atoms with Crippen molar-refractivity contribution in [1.29, 1.82) is 0 Å². The Bertz CT molecular complexity index is 459. The number of benzene rings is 1. The lowest BCUT2D eigenvalue weighted by Crippen LogP contribution is -2.41. The van der Waals surface area contributed by atoms with E-state index in [1.165, 1.54) is 31.2 Å². The van der Waals surface area contributed by atoms with Crippen molar-refractivity contribution in [3.63, 3.8) is 0 Å². The molecular formula is C18H26BrIO. The minimum Gasteiger partial charge on any atom is -0.370 e. The fraction of sp³-hybridized carbons (Fsp3) is 0.667. The van der Waals surface area contributed by atoms with E-state index in [4.69, 9.17) is 4.74 Å². The zero-order valence-electron chi connectivity index (χ0n) is 13.3. The Morgan fingerprint density at radius 3 is 2.48 bits per heavy atom. The molecule has 1 fully saturated rings. The second-order valence-corrected chi connectivity index (χ2v) is 9.05. The third-order valence-electron chi connectivity index (χ3n) is 4.80. The molecule has 0 aliphatic heterocycles. The normalized spacial score (nSPS) is 26.8. The molecule has 0 heterocycles. The van der Waals surface area contributed by atoms with Crippen LogP contribution in [0.3, 0.4) is 0 Å². The fourth-order valence-electron chi connectivity index (χ4n) is 3.19. The van der Waals surface area contributed by atoms with E-state index in [0.29, 0.717) is 5.41 Å². The van der Waals surface area contributed by atoms with E-state index >= 15 is 0 Å². The Morgan fingerprint density at radius 2 is 1.95 bits per heavy atom. The first kappa shape index (κ1) is 17.7. The van der Waals surface area contributed by atoms with Crippen molar-refractivity contribution in [2.75, 3.05) is 4.43 Å². The average molecular weight is 465 g/mol. The molecule has 0 unspecified atom stereocenters. The van der Waals surface area contributed by atoms with Crippen LogP contribution in [0.15, 0.2) is 28.7 Å². The maximum absolute atomic E-state index is 6.39. The summed E-state index contributed by atoms with van der Waals surface area (Å²) >= 11 is 6.03. The summed E-state index contributed by atoms with van der Waals surface area (Å²) in [6.07, 6.45) is 4.99. The number of hydrogen-bond acceptors (Lipinski definition) is 1. The van der Waals surface area contributed by atoms with Gasteiger partial charge in [-0.05, 0) is 54.7 Å². The summed E-state index contributed by atoms with van der Waals surface area (Å²) in [7, 11) is 0. The Labute approximate surface area is 151 Å². The molecule has 21 heavy (non-hydrogen) atoms. The average Bonchev–Trinajstić information content (AvgIpc) is 2.45. The molecule has 1 aliphatic carbocycles. The van der Waals surface area contributed by atoms with E-state index in [-0.39, 0.29) is 5.60 Å². The molecule has 0 atom stereocenters. The van der Waals surface area contributed by atoms with Crippen LogP contribution >= 0.6 is 38.5 Å². The highest BCUT2D eigenvalue weighted by Crippen LogP contribution is 2.43. The minimum absolute atomic E-state index is 0.0879. The van der Waals surface area contributed by atoms with Gasteiger partial charge < -0.3 is 4.74 Å². The van der Waals surface area contributed by atoms with Gasteiger partial charge in [-0.3, -0.25) is 0 Å². The van der Waals surface area contributed by atoms with Crippen LogP contribution in [0.5, 0.6) is 0 Å². The third kappa shape index (κ3) is 4.93. The fourth-order valence-corrected chi connectivity index (χ4v) is 4.62. The first-order chi connectivity index (χ1) is 9.85. The van der Waals surface area contributed by atoms with Crippen molar-refractivity contribution >= 4 is 38.5 Å². The van der Waals surface area contributed by atoms with Crippen LogP contribution in [0.25, 0.3) is 0 Å². The monoisotopic (exact) mass is 464 g/mol. The molecule has 0 N–H and O–H groups in total. The van der Waals surface area contributed by atoms with Crippen LogP contribution in [-0.2, 0) is 11.3 Å². The van der Waals surface area contributed by atoms with E-state index in [1.54, 1.807) is 0 Å². The van der Waals surface area contributed by atoms with Crippen LogP contribution in [0.2, 0.25) is 0 Å². The SMILES string of the molecule is CC(C)(C)C1CCC(CI)(OCc2cccc(Br)c2)CC1. The molecule has 2 rings (SSSR count). The number of rotatable bonds is 4. The van der Waals surface area contributed by atoms with Crippen LogP contribution in [0.4, 0.5) is 0 Å². The quantitative estimate of drug-likeness (QED) is 0.371. The number of hydrogen-bond donors (Lipinski definition) is 0. The molecule has 1 aromatic rings. The van der Waals surface area contributed by atoms with Gasteiger partial charge in [-0.25, -0.2) is 0 Å². The van der Waals surface area contributed by atoms with Gasteiger partial charge in [-0.1, -0.05) is 71.4 Å². The van der Waals surface area contributed by atoms with Crippen LogP contribution in [0.1, 0.15) is 52.0 Å². The maximum atomic E-state index is 6.39. The lowest BCUT2D eigenvalue weighted by molar-refractivity contribution is -0.0772. The summed E-state index contributed by atoms with van der Waals surface area (Å²) in [6.45, 7) is 7.84. The highest BCUT2D eigenvalue weighted by molar-refractivity contribution is 14.1. The molecule has 0 amide bonds. The molecule has 0 radical (unpaired) electrons. The summed E-state index contributed by atoms with van der Waals surface area (Å²) < 4.78 is 8.61. The van der Waals surface area contributed by atoms with E-state index in [2.05, 4.69) is 83.6 Å². The molecule has 0 bridgehead atoms. The van der Waals surface area contributed by atoms with Crippen molar-refractivity contribution in [2.24, 2.45) is 11.3 Å². The Morgan fingerprint density at radius 1 is 1.29 bits per heavy atom. The van der Waals surface area contributed by atoms with Crippen LogP contribution in [0, 0.1) is 11.3 Å². The number of halogens is 2. The van der Waals surface area contributed by atoms with Gasteiger partial charge in [0.1, 0.15) is 0 Å². The summed E-state index contributed by atoms with van der Waals surface area (Å²) in [6, 6.07) is 8.44. The van der Waals surface area contributed by atoms with E-state index in [0.717, 1.165) is 21.4 Å². The standard InChI is InChI=1S/C18H26BrIO/c1-17(2,3)15-7-9-18(13-20,10-8-15)21-12-14-5-4-6-16(19)11-14/h4-6,11,15H,7-10,12-13H2,1-3H3. The summed E-state index contributed by atoms with van der Waals surface area (Å²) in [5.41, 5.74) is 1.78. The Kier molecular flexibility index (Phi) is 6.17. The third-order valence-corrected chi connectivity index (χ3v) is 6.68. The summed E-state index contributed by atoms with van der Waals surface area (Å²) in [5.74, 6) is 0.836. The first-order valence-electron chi connectivity index (χ1n) is 7.79. The van der Waals surface area contributed by atoms with Gasteiger partial charge in [0, 0.05) is 8.90 Å². The maximum Gasteiger partial charge on any atom is 0.0776 e. The van der Waals surface area contributed by atoms with Gasteiger partial charge in [0.05, 0.1) is 12.2 Å². The van der Waals surface area contributed by atoms with Crippen molar-refractivity contribution in [3.05, 3.63) is 34.3 Å². The summed E-state index contributed by atoms with van der Waals surface area (Å²) in [4.78, 5) is 0. The molecule has 1 saturated carbocycles. The summed E-state index contributed by atoms with van der Waals surface area (Å²) in [5, 5.41) is 0. The highest BCUT2D eigenvalue weighted by Gasteiger charge is 2.38. The smallest absolute Gasteiger partial charge is 0.0776 e. The molecule has 1 aliphatic rings. The van der Waals surface area contributed by atoms with Crippen molar-refractivity contribution < 1.29 is 4.74 Å². The molecule has 3 heteroatoms. The van der Waals surface area contributed by atoms with Crippen LogP contribution < -0.4 is 0 Å². The first-order valence-corrected chi connectivity index (χ1v) is 10.1. The second-order valence-electron chi connectivity index (χ2n) is 7.38. The minimum atomic E-state index is 0.0879. The number of alkyl halides is 1. The van der Waals surface area contributed by atoms with Crippen molar-refractivity contribution in [2.45, 2.75) is 58.7 Å². The molecule has 0 spiro atoms. The van der Waals surface area contributed by atoms with E-state index in [1.807, 2.05) is 0 Å². The van der Waals surface area contributed by atoms with Gasteiger partial charge in [0.15, 0.2) is 0 Å². The molecule has 118 valence electrons. The van der Waals surface area contributed by atoms with Gasteiger partial charge in [0.2, 0.25) is 0 Å². The zero-order chi connectivity index (χ0) is 15.5. The largest absolute Gasteiger partial charge is 0.370 e. The Hall–Kier alpha value is 0.390. The zero-order valence-corrected chi connectivity index (χ0v) is 17.0. The predicted octanol–water partition coefficient (Wildman–Crippen LogP) is 6.38.